The number of hydrogen-bond acceptors (Lipinski definition) is 5. The molecule has 0 amide bonds. The molecule has 4 N–H and O–H groups in total. The van der Waals surface area contributed by atoms with Gasteiger partial charge >= 0.3 is 0 Å². The van der Waals surface area contributed by atoms with Crippen molar-refractivity contribution in [3.8, 4) is 0 Å². The summed E-state index contributed by atoms with van der Waals surface area (Å²) < 4.78 is 0. The molecule has 0 aliphatic heterocycles. The second kappa shape index (κ2) is 8.28. The molecular formula is C4H12N4O2. The van der Waals surface area contributed by atoms with E-state index in [0.29, 0.717) is 6.54 Å². The van der Waals surface area contributed by atoms with E-state index in [-0.39, 0.29) is 19.8 Å². The van der Waals surface area contributed by atoms with Crippen LogP contribution in [0, 0.1) is 0 Å². The Bertz CT molecular complexity index is 87.3. The number of hydrazine groups is 1. The van der Waals surface area contributed by atoms with Crippen molar-refractivity contribution in [1.82, 2.24) is 11.0 Å². The third-order valence-electron chi connectivity index (χ3n) is 0.637. The van der Waals surface area contributed by atoms with Gasteiger partial charge in [-0.25, -0.2) is 11.0 Å². The van der Waals surface area contributed by atoms with Gasteiger partial charge in [-0.15, -0.1) is 0 Å². The highest BCUT2D eigenvalue weighted by atomic mass is 16.3. The molecule has 6 heteroatoms. The average molecular weight is 148 g/mol. The molecule has 0 heterocycles. The molecule has 0 fully saturated rings. The van der Waals surface area contributed by atoms with Crippen molar-refractivity contribution in [2.24, 2.45) is 10.3 Å². The third-order valence-corrected chi connectivity index (χ3v) is 0.637. The number of nitrogens with zero attached hydrogens (tertiary/aromatic N) is 2. The summed E-state index contributed by atoms with van der Waals surface area (Å²) in [5, 5.41) is 23.4. The van der Waals surface area contributed by atoms with Gasteiger partial charge in [-0.3, -0.25) is 0 Å². The van der Waals surface area contributed by atoms with Crippen LogP contribution in [0.4, 0.5) is 0 Å². The molecule has 0 aromatic carbocycles. The van der Waals surface area contributed by atoms with Gasteiger partial charge in [0.25, 0.3) is 0 Å². The summed E-state index contributed by atoms with van der Waals surface area (Å²) in [7, 11) is 0. The number of aliphatic hydroxyl groups is 2. The molecule has 0 bridgehead atoms. The highest BCUT2D eigenvalue weighted by Crippen LogP contribution is 1.66. The third kappa shape index (κ3) is 7.28. The Morgan fingerprint density at radius 2 is 2.00 bits per heavy atom. The van der Waals surface area contributed by atoms with Crippen LogP contribution < -0.4 is 11.0 Å². The van der Waals surface area contributed by atoms with Crippen LogP contribution in [0.25, 0.3) is 0 Å². The number of hydrogen-bond donors (Lipinski definition) is 4. The molecular weight excluding hydrogens is 136 g/mol. The molecule has 0 spiro atoms. The van der Waals surface area contributed by atoms with E-state index >= 15 is 0 Å². The molecule has 0 aromatic rings. The van der Waals surface area contributed by atoms with E-state index in [1.54, 1.807) is 0 Å². The van der Waals surface area contributed by atoms with Crippen LogP contribution in [0.3, 0.4) is 0 Å². The minimum atomic E-state index is -0.00875. The predicted octanol–water partition coefficient (Wildman–Crippen LogP) is -1.57. The first-order valence-corrected chi connectivity index (χ1v) is 2.98. The lowest BCUT2D eigenvalue weighted by molar-refractivity contribution is 0.280. The van der Waals surface area contributed by atoms with Gasteiger partial charge in [0, 0.05) is 6.54 Å². The molecule has 0 rings (SSSR count). The molecule has 0 radical (unpaired) electrons. The Labute approximate surface area is 58.9 Å². The summed E-state index contributed by atoms with van der Waals surface area (Å²) in [5.74, 6) is 0. The van der Waals surface area contributed by atoms with Crippen LogP contribution in [-0.4, -0.2) is 36.5 Å². The monoisotopic (exact) mass is 148 g/mol. The Kier molecular flexibility index (Phi) is 7.68. The summed E-state index contributed by atoms with van der Waals surface area (Å²) in [4.78, 5) is 0. The smallest absolute Gasteiger partial charge is 0.0852 e. The van der Waals surface area contributed by atoms with Crippen LogP contribution in [0.2, 0.25) is 0 Å². The summed E-state index contributed by atoms with van der Waals surface area (Å²) in [5.41, 5.74) is 4.91. The van der Waals surface area contributed by atoms with Crippen molar-refractivity contribution in [3.63, 3.8) is 0 Å². The Morgan fingerprint density at radius 3 is 2.60 bits per heavy atom. The van der Waals surface area contributed by atoms with Gasteiger partial charge in [0.1, 0.15) is 0 Å². The minimum absolute atomic E-state index is 0.00875. The highest BCUT2D eigenvalue weighted by Gasteiger charge is 1.77. The lowest BCUT2D eigenvalue weighted by Crippen LogP contribution is -2.29. The van der Waals surface area contributed by atoms with Gasteiger partial charge < -0.3 is 10.2 Å². The van der Waals surface area contributed by atoms with E-state index in [2.05, 4.69) is 21.3 Å². The van der Waals surface area contributed by atoms with Gasteiger partial charge in [-0.05, 0) is 0 Å². The van der Waals surface area contributed by atoms with Gasteiger partial charge in [-0.1, -0.05) is 5.22 Å². The normalized spacial score (nSPS) is 10.6. The van der Waals surface area contributed by atoms with Crippen molar-refractivity contribution in [1.29, 1.82) is 0 Å². The van der Waals surface area contributed by atoms with Gasteiger partial charge in [-0.2, -0.15) is 5.11 Å². The van der Waals surface area contributed by atoms with Gasteiger partial charge in [0.05, 0.1) is 19.8 Å². The summed E-state index contributed by atoms with van der Waals surface area (Å²) in [6, 6.07) is 0. The first-order chi connectivity index (χ1) is 4.91. The first-order valence-electron chi connectivity index (χ1n) is 2.98. The fraction of sp³-hybridized carbons (Fsp3) is 1.00. The maximum atomic E-state index is 8.25. The SMILES string of the molecule is OCCN=NNNCCO. The van der Waals surface area contributed by atoms with E-state index in [0.717, 1.165) is 0 Å². The first kappa shape index (κ1) is 9.28. The van der Waals surface area contributed by atoms with Crippen LogP contribution in [-0.2, 0) is 0 Å². The molecule has 60 valence electrons. The fourth-order valence-corrected chi connectivity index (χ4v) is 0.277. The van der Waals surface area contributed by atoms with E-state index in [4.69, 9.17) is 10.2 Å². The molecule has 0 atom stereocenters. The molecule has 6 nitrogen and oxygen atoms in total. The molecule has 0 saturated heterocycles. The summed E-state index contributed by atoms with van der Waals surface area (Å²) >= 11 is 0. The zero-order valence-corrected chi connectivity index (χ0v) is 5.62. The zero-order chi connectivity index (χ0) is 7.66. The molecule has 0 saturated carbocycles. The van der Waals surface area contributed by atoms with Crippen molar-refractivity contribution >= 4 is 0 Å². The van der Waals surface area contributed by atoms with Crippen molar-refractivity contribution in [3.05, 3.63) is 0 Å². The standard InChI is InChI=1S/C4H12N4O2/c9-3-1-5-7-8-6-2-4-10/h9-10H,1-4H2,(H,5,8)(H,6,7). The summed E-state index contributed by atoms with van der Waals surface area (Å²) in [6.07, 6.45) is 0. The van der Waals surface area contributed by atoms with Crippen LogP contribution in [0.5, 0.6) is 0 Å². The molecule has 0 unspecified atom stereocenters. The quantitative estimate of drug-likeness (QED) is 0.208. The van der Waals surface area contributed by atoms with Crippen molar-refractivity contribution in [2.75, 3.05) is 26.3 Å². The fourth-order valence-electron chi connectivity index (χ4n) is 0.277. The second-order valence-electron chi connectivity index (χ2n) is 1.45. The van der Waals surface area contributed by atoms with Crippen LogP contribution >= 0.6 is 0 Å². The molecule has 0 aliphatic carbocycles. The molecule has 0 aliphatic rings. The number of nitrogens with one attached hydrogen (secondary N) is 2. The average Bonchev–Trinajstić information content (AvgIpc) is 1.97. The molecule has 10 heavy (non-hydrogen) atoms. The summed E-state index contributed by atoms with van der Waals surface area (Å²) in [6.45, 7) is 0.736. The number of aliphatic hydroxyl groups excluding tert-OH is 2. The Morgan fingerprint density at radius 1 is 1.20 bits per heavy atom. The van der Waals surface area contributed by atoms with Gasteiger partial charge in [0.15, 0.2) is 0 Å². The van der Waals surface area contributed by atoms with Crippen LogP contribution in [0.15, 0.2) is 10.3 Å². The minimum Gasteiger partial charge on any atom is -0.395 e. The van der Waals surface area contributed by atoms with E-state index < -0.39 is 0 Å². The van der Waals surface area contributed by atoms with E-state index in [9.17, 15) is 0 Å². The lowest BCUT2D eigenvalue weighted by Gasteiger charge is -1.96. The zero-order valence-electron chi connectivity index (χ0n) is 5.62. The maximum Gasteiger partial charge on any atom is 0.0852 e. The largest absolute Gasteiger partial charge is 0.395 e. The number of rotatable bonds is 6. The second-order valence-corrected chi connectivity index (χ2v) is 1.45. The maximum absolute atomic E-state index is 8.25. The van der Waals surface area contributed by atoms with Crippen LogP contribution in [0.1, 0.15) is 0 Å². The Hall–Kier alpha value is -0.720. The topological polar surface area (TPSA) is 89.2 Å². The Balaban J connectivity index is 2.88. The van der Waals surface area contributed by atoms with E-state index in [1.807, 2.05) is 0 Å². The molecule has 0 aromatic heterocycles. The highest BCUT2D eigenvalue weighted by molar-refractivity contribution is 4.32. The lowest BCUT2D eigenvalue weighted by atomic mass is 10.7. The van der Waals surface area contributed by atoms with Gasteiger partial charge in [0.2, 0.25) is 0 Å². The predicted molar refractivity (Wildman–Crippen MR) is 35.0 cm³/mol. The van der Waals surface area contributed by atoms with Crippen molar-refractivity contribution in [2.45, 2.75) is 0 Å². The van der Waals surface area contributed by atoms with Crippen molar-refractivity contribution < 1.29 is 10.2 Å². The van der Waals surface area contributed by atoms with E-state index in [1.165, 1.54) is 0 Å².